The van der Waals surface area contributed by atoms with Crippen LogP contribution in [0.25, 0.3) is 0 Å². The summed E-state index contributed by atoms with van der Waals surface area (Å²) < 4.78 is 0. The lowest BCUT2D eigenvalue weighted by atomic mass is 9.95. The van der Waals surface area contributed by atoms with Crippen molar-refractivity contribution in [1.29, 1.82) is 0 Å². The van der Waals surface area contributed by atoms with Crippen LogP contribution in [-0.2, 0) is 6.42 Å². The zero-order valence-corrected chi connectivity index (χ0v) is 7.40. The van der Waals surface area contributed by atoms with E-state index in [0.717, 1.165) is 5.69 Å². The summed E-state index contributed by atoms with van der Waals surface area (Å²) in [4.78, 5) is 0. The third kappa shape index (κ3) is 1.53. The molecule has 1 aliphatic rings. The summed E-state index contributed by atoms with van der Waals surface area (Å²) in [5.41, 5.74) is 7.79. The Kier molecular flexibility index (Phi) is 2.20. The van der Waals surface area contributed by atoms with Crippen LogP contribution in [0.3, 0.4) is 0 Å². The molecule has 0 saturated carbocycles. The molecule has 0 aromatic heterocycles. The minimum Gasteiger partial charge on any atom is -0.391 e. The van der Waals surface area contributed by atoms with Gasteiger partial charge in [0, 0.05) is 18.7 Å². The number of hydrogen-bond acceptors (Lipinski definition) is 3. The molecule has 3 heteroatoms. The summed E-state index contributed by atoms with van der Waals surface area (Å²) in [5, 5.41) is 12.9. The van der Waals surface area contributed by atoms with E-state index in [1.165, 1.54) is 5.56 Å². The average molecular weight is 178 g/mol. The summed E-state index contributed by atoms with van der Waals surface area (Å²) in [6.07, 6.45) is 0.338. The van der Waals surface area contributed by atoms with E-state index in [4.69, 9.17) is 5.73 Å². The third-order valence-corrected chi connectivity index (χ3v) is 2.51. The highest BCUT2D eigenvalue weighted by Crippen LogP contribution is 2.23. The summed E-state index contributed by atoms with van der Waals surface area (Å²) in [6, 6.07) is 8.00. The van der Waals surface area contributed by atoms with E-state index in [-0.39, 0.29) is 12.1 Å². The van der Waals surface area contributed by atoms with Crippen LogP contribution in [0.5, 0.6) is 0 Å². The molecule has 2 rings (SSSR count). The number of nitrogens with two attached hydrogens (primary N) is 1. The number of hydrogen-bond donors (Lipinski definition) is 3. The minimum absolute atomic E-state index is 0.00472. The van der Waals surface area contributed by atoms with Crippen LogP contribution in [0.15, 0.2) is 24.3 Å². The molecule has 0 saturated heterocycles. The van der Waals surface area contributed by atoms with Crippen LogP contribution in [0, 0.1) is 0 Å². The fourth-order valence-corrected chi connectivity index (χ4v) is 1.72. The van der Waals surface area contributed by atoms with Gasteiger partial charge in [-0.2, -0.15) is 0 Å². The lowest BCUT2D eigenvalue weighted by Crippen LogP contribution is -2.44. The van der Waals surface area contributed by atoms with Gasteiger partial charge in [0.15, 0.2) is 0 Å². The van der Waals surface area contributed by atoms with Crippen LogP contribution < -0.4 is 11.1 Å². The summed E-state index contributed by atoms with van der Waals surface area (Å²) in [7, 11) is 0. The number of para-hydroxylation sites is 1. The molecule has 0 spiro atoms. The quantitative estimate of drug-likeness (QED) is 0.581. The van der Waals surface area contributed by atoms with Crippen molar-refractivity contribution in [3.8, 4) is 0 Å². The number of aliphatic hydroxyl groups is 1. The molecule has 1 heterocycles. The number of benzene rings is 1. The molecule has 0 amide bonds. The Bertz CT molecular complexity index is 301. The van der Waals surface area contributed by atoms with Crippen molar-refractivity contribution in [2.45, 2.75) is 18.6 Å². The van der Waals surface area contributed by atoms with Gasteiger partial charge in [-0.3, -0.25) is 0 Å². The molecule has 2 unspecified atom stereocenters. The second-order valence-electron chi connectivity index (χ2n) is 3.42. The molecule has 0 aliphatic carbocycles. The zero-order chi connectivity index (χ0) is 9.26. The van der Waals surface area contributed by atoms with Crippen LogP contribution in [0.1, 0.15) is 5.56 Å². The molecule has 0 fully saturated rings. The molecule has 3 nitrogen and oxygen atoms in total. The van der Waals surface area contributed by atoms with E-state index < -0.39 is 0 Å². The monoisotopic (exact) mass is 178 g/mol. The van der Waals surface area contributed by atoms with E-state index in [0.29, 0.717) is 13.0 Å². The average Bonchev–Trinajstić information content (AvgIpc) is 2.17. The van der Waals surface area contributed by atoms with Crippen molar-refractivity contribution in [3.63, 3.8) is 0 Å². The number of anilines is 1. The van der Waals surface area contributed by atoms with Crippen molar-refractivity contribution in [3.05, 3.63) is 29.8 Å². The van der Waals surface area contributed by atoms with E-state index in [9.17, 15) is 5.11 Å². The second kappa shape index (κ2) is 3.36. The second-order valence-corrected chi connectivity index (χ2v) is 3.42. The Labute approximate surface area is 77.6 Å². The predicted octanol–water partition coefficient (Wildman–Crippen LogP) is 0.343. The zero-order valence-electron chi connectivity index (χ0n) is 7.40. The SMILES string of the molecule is NCC1Nc2ccccc2CC1O. The molecule has 1 aromatic rings. The molecule has 4 N–H and O–H groups in total. The lowest BCUT2D eigenvalue weighted by molar-refractivity contribution is 0.150. The van der Waals surface area contributed by atoms with Gasteiger partial charge in [0.2, 0.25) is 0 Å². The lowest BCUT2D eigenvalue weighted by Gasteiger charge is -2.30. The first-order chi connectivity index (χ1) is 6.31. The highest BCUT2D eigenvalue weighted by molar-refractivity contribution is 5.54. The Morgan fingerprint density at radius 2 is 2.23 bits per heavy atom. The highest BCUT2D eigenvalue weighted by Gasteiger charge is 2.24. The van der Waals surface area contributed by atoms with Gasteiger partial charge in [-0.25, -0.2) is 0 Å². The van der Waals surface area contributed by atoms with Gasteiger partial charge in [-0.1, -0.05) is 18.2 Å². The molecule has 2 atom stereocenters. The Morgan fingerprint density at radius 1 is 1.46 bits per heavy atom. The molecule has 0 radical (unpaired) electrons. The van der Waals surface area contributed by atoms with Crippen molar-refractivity contribution in [1.82, 2.24) is 0 Å². The van der Waals surface area contributed by atoms with Gasteiger partial charge in [-0.15, -0.1) is 0 Å². The number of fused-ring (bicyclic) bond motifs is 1. The maximum Gasteiger partial charge on any atom is 0.0794 e. The van der Waals surface area contributed by atoms with Gasteiger partial charge in [-0.05, 0) is 11.6 Å². The molecule has 0 bridgehead atoms. The Balaban J connectivity index is 2.27. The van der Waals surface area contributed by atoms with Crippen molar-refractivity contribution < 1.29 is 5.11 Å². The van der Waals surface area contributed by atoms with E-state index in [2.05, 4.69) is 5.32 Å². The molecule has 1 aromatic carbocycles. The van der Waals surface area contributed by atoms with E-state index >= 15 is 0 Å². The van der Waals surface area contributed by atoms with Crippen LogP contribution in [0.4, 0.5) is 5.69 Å². The van der Waals surface area contributed by atoms with Crippen molar-refractivity contribution in [2.24, 2.45) is 5.73 Å². The van der Waals surface area contributed by atoms with E-state index in [1.807, 2.05) is 24.3 Å². The molecule has 13 heavy (non-hydrogen) atoms. The molecule has 70 valence electrons. The summed E-state index contributed by atoms with van der Waals surface area (Å²) in [5.74, 6) is 0. The van der Waals surface area contributed by atoms with Crippen molar-refractivity contribution >= 4 is 5.69 Å². The number of aliphatic hydroxyl groups excluding tert-OH is 1. The number of nitrogens with one attached hydrogen (secondary N) is 1. The third-order valence-electron chi connectivity index (χ3n) is 2.51. The largest absolute Gasteiger partial charge is 0.391 e. The molecule has 1 aliphatic heterocycles. The molecular weight excluding hydrogens is 164 g/mol. The predicted molar refractivity (Wildman–Crippen MR) is 52.6 cm³/mol. The maximum atomic E-state index is 9.67. The van der Waals surface area contributed by atoms with Crippen LogP contribution in [0.2, 0.25) is 0 Å². The molecular formula is C10H14N2O. The highest BCUT2D eigenvalue weighted by atomic mass is 16.3. The van der Waals surface area contributed by atoms with Gasteiger partial charge < -0.3 is 16.2 Å². The number of rotatable bonds is 1. The fourth-order valence-electron chi connectivity index (χ4n) is 1.72. The van der Waals surface area contributed by atoms with Gasteiger partial charge in [0.25, 0.3) is 0 Å². The van der Waals surface area contributed by atoms with Gasteiger partial charge in [0.05, 0.1) is 12.1 Å². The first-order valence-corrected chi connectivity index (χ1v) is 4.54. The maximum absolute atomic E-state index is 9.67. The Hall–Kier alpha value is -1.06. The fraction of sp³-hybridized carbons (Fsp3) is 0.400. The normalized spacial score (nSPS) is 26.3. The van der Waals surface area contributed by atoms with Crippen molar-refractivity contribution in [2.75, 3.05) is 11.9 Å². The summed E-state index contributed by atoms with van der Waals surface area (Å²) >= 11 is 0. The van der Waals surface area contributed by atoms with Crippen LogP contribution >= 0.6 is 0 Å². The van der Waals surface area contributed by atoms with Gasteiger partial charge in [0.1, 0.15) is 0 Å². The van der Waals surface area contributed by atoms with Crippen LogP contribution in [-0.4, -0.2) is 23.8 Å². The van der Waals surface area contributed by atoms with E-state index in [1.54, 1.807) is 0 Å². The van der Waals surface area contributed by atoms with Gasteiger partial charge >= 0.3 is 0 Å². The first-order valence-electron chi connectivity index (χ1n) is 4.54. The Morgan fingerprint density at radius 3 is 3.00 bits per heavy atom. The smallest absolute Gasteiger partial charge is 0.0794 e. The standard InChI is InChI=1S/C10H14N2O/c11-6-9-10(13)5-7-3-1-2-4-8(7)12-9/h1-4,9-10,12-13H,5-6,11H2. The first kappa shape index (κ1) is 8.53. The summed E-state index contributed by atoms with van der Waals surface area (Å²) in [6.45, 7) is 0.468. The topological polar surface area (TPSA) is 58.3 Å². The minimum atomic E-state index is -0.361.